The van der Waals surface area contributed by atoms with Gasteiger partial charge in [-0.05, 0) is 45.1 Å². The predicted molar refractivity (Wildman–Crippen MR) is 83.7 cm³/mol. The largest absolute Gasteiger partial charge is 0.338 e. The van der Waals surface area contributed by atoms with E-state index in [4.69, 9.17) is 0 Å². The number of piperidine rings is 1. The van der Waals surface area contributed by atoms with Crippen LogP contribution in [0, 0.1) is 5.92 Å². The number of hydrogen-bond acceptors (Lipinski definition) is 2. The van der Waals surface area contributed by atoms with Gasteiger partial charge in [-0.2, -0.15) is 0 Å². The van der Waals surface area contributed by atoms with Crippen LogP contribution in [0.4, 0.5) is 0 Å². The van der Waals surface area contributed by atoms with Crippen molar-refractivity contribution in [3.63, 3.8) is 0 Å². The van der Waals surface area contributed by atoms with Crippen molar-refractivity contribution >= 4 is 5.91 Å². The number of nitrogens with zero attached hydrogens (tertiary/aromatic N) is 1. The molecule has 1 aliphatic carbocycles. The van der Waals surface area contributed by atoms with Crippen molar-refractivity contribution in [1.82, 2.24) is 10.2 Å². The maximum atomic E-state index is 12.8. The zero-order chi connectivity index (χ0) is 14.4. The summed E-state index contributed by atoms with van der Waals surface area (Å²) in [7, 11) is 0. The molecule has 2 unspecified atom stereocenters. The fraction of sp³-hybridized carbons (Fsp3) is 0.941. The van der Waals surface area contributed by atoms with Crippen molar-refractivity contribution in [1.29, 1.82) is 0 Å². The smallest absolute Gasteiger partial charge is 0.225 e. The minimum Gasteiger partial charge on any atom is -0.338 e. The van der Waals surface area contributed by atoms with Gasteiger partial charge in [0.15, 0.2) is 0 Å². The van der Waals surface area contributed by atoms with E-state index >= 15 is 0 Å². The number of hydrogen-bond donors (Lipinski definition) is 1. The molecule has 1 aliphatic heterocycles. The Morgan fingerprint density at radius 2 is 2.05 bits per heavy atom. The van der Waals surface area contributed by atoms with Crippen molar-refractivity contribution in [3.8, 4) is 0 Å². The quantitative estimate of drug-likeness (QED) is 0.739. The summed E-state index contributed by atoms with van der Waals surface area (Å²) in [6, 6.07) is 1.10. The lowest BCUT2D eigenvalue weighted by Gasteiger charge is -2.33. The number of amides is 1. The number of nitrogens with one attached hydrogen (secondary N) is 1. The van der Waals surface area contributed by atoms with Gasteiger partial charge in [0.25, 0.3) is 0 Å². The molecule has 0 aromatic rings. The Bertz CT molecular complexity index is 295. The molecule has 0 bridgehead atoms. The van der Waals surface area contributed by atoms with Gasteiger partial charge in [0.05, 0.1) is 0 Å². The standard InChI is InChI=1S/C17H32N2O/c1-3-5-8-14(4-2)17(20)19(16-10-11-16)13-15-9-6-7-12-18-15/h14-16,18H,3-13H2,1-2H3. The van der Waals surface area contributed by atoms with Gasteiger partial charge in [-0.25, -0.2) is 0 Å². The number of carbonyl (C=O) groups excluding carboxylic acids is 1. The Morgan fingerprint density at radius 1 is 1.25 bits per heavy atom. The molecule has 1 N–H and O–H groups in total. The first-order chi connectivity index (χ1) is 9.76. The Labute approximate surface area is 124 Å². The topological polar surface area (TPSA) is 32.3 Å². The van der Waals surface area contributed by atoms with Gasteiger partial charge >= 0.3 is 0 Å². The zero-order valence-electron chi connectivity index (χ0n) is 13.4. The molecule has 0 aromatic heterocycles. The molecule has 2 rings (SSSR count). The van der Waals surface area contributed by atoms with E-state index in [1.165, 1.54) is 44.9 Å². The maximum Gasteiger partial charge on any atom is 0.225 e. The highest BCUT2D eigenvalue weighted by Crippen LogP contribution is 2.30. The van der Waals surface area contributed by atoms with E-state index in [0.29, 0.717) is 18.0 Å². The molecule has 1 saturated carbocycles. The summed E-state index contributed by atoms with van der Waals surface area (Å²) in [5.74, 6) is 0.704. The van der Waals surface area contributed by atoms with Gasteiger partial charge in [0.2, 0.25) is 5.91 Å². The minimum absolute atomic E-state index is 0.263. The SMILES string of the molecule is CCCCC(CC)C(=O)N(CC1CCCCN1)C1CC1. The summed E-state index contributed by atoms with van der Waals surface area (Å²) >= 11 is 0. The highest BCUT2D eigenvalue weighted by atomic mass is 16.2. The van der Waals surface area contributed by atoms with E-state index in [-0.39, 0.29) is 5.92 Å². The summed E-state index contributed by atoms with van der Waals surface area (Å²) in [6.07, 6.45) is 10.8. The Morgan fingerprint density at radius 3 is 2.60 bits per heavy atom. The molecule has 3 heteroatoms. The normalized spacial score (nSPS) is 24.4. The average molecular weight is 280 g/mol. The van der Waals surface area contributed by atoms with Crippen LogP contribution in [0.1, 0.15) is 71.6 Å². The molecular formula is C17H32N2O. The lowest BCUT2D eigenvalue weighted by molar-refractivity contribution is -0.137. The number of unbranched alkanes of at least 4 members (excludes halogenated alkanes) is 1. The van der Waals surface area contributed by atoms with E-state index in [0.717, 1.165) is 25.9 Å². The highest BCUT2D eigenvalue weighted by molar-refractivity contribution is 5.79. The van der Waals surface area contributed by atoms with Crippen molar-refractivity contribution in [3.05, 3.63) is 0 Å². The van der Waals surface area contributed by atoms with E-state index in [1.54, 1.807) is 0 Å². The Hall–Kier alpha value is -0.570. The summed E-state index contributed by atoms with van der Waals surface area (Å²) in [6.45, 7) is 6.46. The van der Waals surface area contributed by atoms with E-state index in [1.807, 2.05) is 0 Å². The number of carbonyl (C=O) groups is 1. The van der Waals surface area contributed by atoms with E-state index in [9.17, 15) is 4.79 Å². The third-order valence-electron chi connectivity index (χ3n) is 4.85. The molecule has 0 aromatic carbocycles. The van der Waals surface area contributed by atoms with E-state index < -0.39 is 0 Å². The first-order valence-corrected chi connectivity index (χ1v) is 8.80. The molecule has 2 fully saturated rings. The summed E-state index contributed by atoms with van der Waals surface area (Å²) in [5.41, 5.74) is 0. The fourth-order valence-corrected chi connectivity index (χ4v) is 3.31. The highest BCUT2D eigenvalue weighted by Gasteiger charge is 2.36. The van der Waals surface area contributed by atoms with Crippen LogP contribution in [-0.4, -0.2) is 36.0 Å². The van der Waals surface area contributed by atoms with Crippen LogP contribution in [-0.2, 0) is 4.79 Å². The number of rotatable bonds is 8. The molecule has 1 amide bonds. The third-order valence-corrected chi connectivity index (χ3v) is 4.85. The molecule has 3 nitrogen and oxygen atoms in total. The van der Waals surface area contributed by atoms with Crippen LogP contribution < -0.4 is 5.32 Å². The molecule has 20 heavy (non-hydrogen) atoms. The molecule has 1 saturated heterocycles. The molecule has 2 aliphatic rings. The lowest BCUT2D eigenvalue weighted by atomic mass is 9.96. The van der Waals surface area contributed by atoms with Crippen LogP contribution in [0.25, 0.3) is 0 Å². The summed E-state index contributed by atoms with van der Waals surface area (Å²) in [5, 5.41) is 3.59. The molecule has 0 spiro atoms. The van der Waals surface area contributed by atoms with Gasteiger partial charge in [-0.1, -0.05) is 33.1 Å². The van der Waals surface area contributed by atoms with Gasteiger partial charge in [0, 0.05) is 24.5 Å². The van der Waals surface area contributed by atoms with Crippen LogP contribution in [0.15, 0.2) is 0 Å². The average Bonchev–Trinajstić information content (AvgIpc) is 3.31. The molecular weight excluding hydrogens is 248 g/mol. The fourth-order valence-electron chi connectivity index (χ4n) is 3.31. The van der Waals surface area contributed by atoms with Crippen molar-refractivity contribution in [2.45, 2.75) is 83.7 Å². The third kappa shape index (κ3) is 4.47. The zero-order valence-corrected chi connectivity index (χ0v) is 13.4. The molecule has 0 radical (unpaired) electrons. The lowest BCUT2D eigenvalue weighted by Crippen LogP contribution is -2.48. The second kappa shape index (κ2) is 8.02. The summed E-state index contributed by atoms with van der Waals surface area (Å²) in [4.78, 5) is 15.1. The van der Waals surface area contributed by atoms with Gasteiger partial charge in [0.1, 0.15) is 0 Å². The van der Waals surface area contributed by atoms with Crippen LogP contribution >= 0.6 is 0 Å². The van der Waals surface area contributed by atoms with Gasteiger partial charge in [-0.15, -0.1) is 0 Å². The summed E-state index contributed by atoms with van der Waals surface area (Å²) < 4.78 is 0. The second-order valence-corrected chi connectivity index (χ2v) is 6.62. The van der Waals surface area contributed by atoms with Crippen LogP contribution in [0.3, 0.4) is 0 Å². The van der Waals surface area contributed by atoms with Gasteiger partial charge < -0.3 is 10.2 Å². The maximum absolute atomic E-state index is 12.8. The molecule has 116 valence electrons. The first kappa shape index (κ1) is 15.8. The van der Waals surface area contributed by atoms with Crippen molar-refractivity contribution in [2.75, 3.05) is 13.1 Å². The van der Waals surface area contributed by atoms with Crippen molar-refractivity contribution < 1.29 is 4.79 Å². The predicted octanol–water partition coefficient (Wildman–Crippen LogP) is 3.34. The molecule has 2 atom stereocenters. The van der Waals surface area contributed by atoms with Crippen LogP contribution in [0.2, 0.25) is 0 Å². The molecule has 1 heterocycles. The van der Waals surface area contributed by atoms with Gasteiger partial charge in [-0.3, -0.25) is 4.79 Å². The monoisotopic (exact) mass is 280 g/mol. The minimum atomic E-state index is 0.263. The first-order valence-electron chi connectivity index (χ1n) is 8.80. The van der Waals surface area contributed by atoms with Crippen LogP contribution in [0.5, 0.6) is 0 Å². The van der Waals surface area contributed by atoms with E-state index in [2.05, 4.69) is 24.1 Å². The Kier molecular flexibility index (Phi) is 6.34. The Balaban J connectivity index is 1.90. The van der Waals surface area contributed by atoms with Crippen molar-refractivity contribution in [2.24, 2.45) is 5.92 Å². The second-order valence-electron chi connectivity index (χ2n) is 6.62.